The molecule has 0 spiro atoms. The van der Waals surface area contributed by atoms with Gasteiger partial charge in [0.2, 0.25) is 0 Å². The number of thiocarbonyl (C=S) groups is 1. The molecule has 2 aromatic carbocycles. The lowest BCUT2D eigenvalue weighted by molar-refractivity contribution is 0.0977. The van der Waals surface area contributed by atoms with E-state index >= 15 is 0 Å². The lowest BCUT2D eigenvalue weighted by Crippen LogP contribution is -2.34. The van der Waals surface area contributed by atoms with Crippen molar-refractivity contribution >= 4 is 74.9 Å². The Morgan fingerprint density at radius 3 is 2.55 bits per heavy atom. The first-order valence-electron chi connectivity index (χ1n) is 6.21. The maximum atomic E-state index is 12.3. The minimum atomic E-state index is -0.330. The van der Waals surface area contributed by atoms with E-state index in [1.165, 1.54) is 0 Å². The molecule has 3 nitrogen and oxygen atoms in total. The molecule has 0 heterocycles. The molecule has 0 fully saturated rings. The topological polar surface area (TPSA) is 41.1 Å². The highest BCUT2D eigenvalue weighted by atomic mass is 127. The average molecular weight is 463 g/mol. The molecule has 0 radical (unpaired) electrons. The Bertz CT molecular complexity index is 707. The van der Waals surface area contributed by atoms with Gasteiger partial charge in [0, 0.05) is 14.2 Å². The Balaban J connectivity index is 2.05. The van der Waals surface area contributed by atoms with Crippen LogP contribution in [0, 0.1) is 3.57 Å². The van der Waals surface area contributed by atoms with Gasteiger partial charge >= 0.3 is 0 Å². The highest BCUT2D eigenvalue weighted by molar-refractivity contribution is 14.1. The van der Waals surface area contributed by atoms with Gasteiger partial charge < -0.3 is 5.32 Å². The first kappa shape index (κ1) is 17.5. The van der Waals surface area contributed by atoms with Crippen molar-refractivity contribution in [1.29, 1.82) is 0 Å². The third-order valence-electron chi connectivity index (χ3n) is 2.75. The number of benzene rings is 2. The Hall–Kier alpha value is -0.830. The summed E-state index contributed by atoms with van der Waals surface area (Å²) in [4.78, 5) is 13.2. The third kappa shape index (κ3) is 4.84. The number of hydrogen-bond acceptors (Lipinski definition) is 3. The summed E-state index contributed by atoms with van der Waals surface area (Å²) >= 11 is 15.0. The molecule has 0 saturated carbocycles. The Morgan fingerprint density at radius 2 is 1.91 bits per heavy atom. The van der Waals surface area contributed by atoms with Crippen LogP contribution in [-0.4, -0.2) is 17.3 Å². The predicted octanol–water partition coefficient (Wildman–Crippen LogP) is 4.79. The summed E-state index contributed by atoms with van der Waals surface area (Å²) in [7, 11) is 0. The Labute approximate surface area is 157 Å². The zero-order valence-electron chi connectivity index (χ0n) is 11.5. The van der Waals surface area contributed by atoms with Gasteiger partial charge in [-0.15, -0.1) is 11.8 Å². The fraction of sp³-hybridized carbons (Fsp3) is 0.0667. The minimum Gasteiger partial charge on any atom is -0.332 e. The van der Waals surface area contributed by atoms with Crippen molar-refractivity contribution in [3.8, 4) is 0 Å². The van der Waals surface area contributed by atoms with E-state index in [4.69, 9.17) is 23.8 Å². The van der Waals surface area contributed by atoms with Crippen LogP contribution in [-0.2, 0) is 0 Å². The van der Waals surface area contributed by atoms with Crippen LogP contribution >= 0.6 is 58.2 Å². The van der Waals surface area contributed by atoms with Gasteiger partial charge in [-0.2, -0.15) is 0 Å². The number of halogens is 2. The van der Waals surface area contributed by atoms with E-state index in [2.05, 4.69) is 33.2 Å². The van der Waals surface area contributed by atoms with Gasteiger partial charge in [-0.05, 0) is 83.5 Å². The van der Waals surface area contributed by atoms with Crippen molar-refractivity contribution in [2.75, 3.05) is 11.6 Å². The van der Waals surface area contributed by atoms with Gasteiger partial charge in [0.1, 0.15) is 0 Å². The number of anilines is 1. The molecule has 2 aromatic rings. The van der Waals surface area contributed by atoms with Crippen molar-refractivity contribution in [3.05, 3.63) is 56.6 Å². The van der Waals surface area contributed by atoms with Crippen molar-refractivity contribution in [2.24, 2.45) is 0 Å². The molecule has 7 heteroatoms. The van der Waals surface area contributed by atoms with E-state index in [9.17, 15) is 4.79 Å². The summed E-state index contributed by atoms with van der Waals surface area (Å²) in [5.74, 6) is -0.330. The van der Waals surface area contributed by atoms with Gasteiger partial charge in [0.05, 0.1) is 10.6 Å². The van der Waals surface area contributed by atoms with Gasteiger partial charge in [-0.1, -0.05) is 11.6 Å². The molecule has 0 bridgehead atoms. The summed E-state index contributed by atoms with van der Waals surface area (Å²) < 4.78 is 1.12. The quantitative estimate of drug-likeness (QED) is 0.391. The summed E-state index contributed by atoms with van der Waals surface area (Å²) in [6, 6.07) is 13.0. The monoisotopic (exact) mass is 462 g/mol. The molecule has 0 aliphatic heterocycles. The maximum Gasteiger partial charge on any atom is 0.258 e. The van der Waals surface area contributed by atoms with Gasteiger partial charge in [0.25, 0.3) is 5.91 Å². The van der Waals surface area contributed by atoms with E-state index < -0.39 is 0 Å². The third-order valence-corrected chi connectivity index (χ3v) is 4.73. The molecule has 1 amide bonds. The van der Waals surface area contributed by atoms with Crippen LogP contribution in [0.25, 0.3) is 0 Å². The van der Waals surface area contributed by atoms with E-state index in [1.54, 1.807) is 23.9 Å². The van der Waals surface area contributed by atoms with Gasteiger partial charge in [-0.25, -0.2) is 0 Å². The number of nitrogens with one attached hydrogen (secondary N) is 2. The van der Waals surface area contributed by atoms with Crippen molar-refractivity contribution in [2.45, 2.75) is 4.90 Å². The molecular formula is C15H12ClIN2OS2. The average Bonchev–Trinajstić information content (AvgIpc) is 2.50. The molecule has 0 saturated heterocycles. The second kappa shape index (κ2) is 8.14. The van der Waals surface area contributed by atoms with Crippen LogP contribution in [0.4, 0.5) is 5.69 Å². The van der Waals surface area contributed by atoms with E-state index in [0.29, 0.717) is 10.6 Å². The minimum absolute atomic E-state index is 0.233. The predicted molar refractivity (Wildman–Crippen MR) is 106 cm³/mol. The zero-order chi connectivity index (χ0) is 16.1. The van der Waals surface area contributed by atoms with E-state index in [0.717, 1.165) is 14.2 Å². The number of thioether (sulfide) groups is 1. The molecular weight excluding hydrogens is 451 g/mol. The number of carbonyl (C=O) groups excluding carboxylic acids is 1. The van der Waals surface area contributed by atoms with Crippen LogP contribution in [0.15, 0.2) is 47.4 Å². The number of carbonyl (C=O) groups is 1. The van der Waals surface area contributed by atoms with Crippen LogP contribution in [0.3, 0.4) is 0 Å². The lowest BCUT2D eigenvalue weighted by atomic mass is 10.2. The molecule has 2 N–H and O–H groups in total. The Morgan fingerprint density at radius 1 is 1.23 bits per heavy atom. The molecule has 0 atom stereocenters. The molecule has 2 rings (SSSR count). The lowest BCUT2D eigenvalue weighted by Gasteiger charge is -2.11. The highest BCUT2D eigenvalue weighted by Crippen LogP contribution is 2.23. The number of amides is 1. The first-order valence-corrected chi connectivity index (χ1v) is 9.30. The highest BCUT2D eigenvalue weighted by Gasteiger charge is 2.12. The summed E-state index contributed by atoms with van der Waals surface area (Å²) in [6.07, 6.45) is 1.94. The van der Waals surface area contributed by atoms with Crippen LogP contribution < -0.4 is 10.6 Å². The number of hydrogen-bond donors (Lipinski definition) is 2. The Kier molecular flexibility index (Phi) is 6.49. The fourth-order valence-electron chi connectivity index (χ4n) is 1.67. The normalized spacial score (nSPS) is 10.1. The van der Waals surface area contributed by atoms with E-state index in [1.807, 2.05) is 36.6 Å². The smallest absolute Gasteiger partial charge is 0.258 e. The van der Waals surface area contributed by atoms with Crippen molar-refractivity contribution in [3.63, 3.8) is 0 Å². The summed E-state index contributed by atoms with van der Waals surface area (Å²) in [5.41, 5.74) is 1.22. The largest absolute Gasteiger partial charge is 0.332 e. The van der Waals surface area contributed by atoms with Crippen LogP contribution in [0.1, 0.15) is 10.4 Å². The summed E-state index contributed by atoms with van der Waals surface area (Å²) in [5, 5.41) is 6.23. The first-order chi connectivity index (χ1) is 10.5. The SMILES string of the molecule is CSc1ccc(Cl)c(C(=O)NC(=S)Nc2ccc(I)cc2)c1. The van der Waals surface area contributed by atoms with Crippen LogP contribution in [0.2, 0.25) is 5.02 Å². The molecule has 114 valence electrons. The van der Waals surface area contributed by atoms with Gasteiger partial charge in [-0.3, -0.25) is 10.1 Å². The molecule has 22 heavy (non-hydrogen) atoms. The second-order valence-electron chi connectivity index (χ2n) is 4.26. The fourth-order valence-corrected chi connectivity index (χ4v) is 2.88. The summed E-state index contributed by atoms with van der Waals surface area (Å²) in [6.45, 7) is 0. The van der Waals surface area contributed by atoms with E-state index in [-0.39, 0.29) is 11.0 Å². The van der Waals surface area contributed by atoms with Crippen molar-refractivity contribution < 1.29 is 4.79 Å². The van der Waals surface area contributed by atoms with Crippen molar-refractivity contribution in [1.82, 2.24) is 5.32 Å². The molecule has 0 unspecified atom stereocenters. The van der Waals surface area contributed by atoms with Gasteiger partial charge in [0.15, 0.2) is 5.11 Å². The second-order valence-corrected chi connectivity index (χ2v) is 7.20. The molecule has 0 aromatic heterocycles. The molecule has 0 aliphatic rings. The zero-order valence-corrected chi connectivity index (χ0v) is 16.1. The standard InChI is InChI=1S/C15H12ClIN2OS2/c1-22-11-6-7-13(16)12(8-11)14(20)19-15(21)18-10-4-2-9(17)3-5-10/h2-8H,1H3,(H2,18,19,20,21). The maximum absolute atomic E-state index is 12.3. The number of rotatable bonds is 3. The van der Waals surface area contributed by atoms with Crippen LogP contribution in [0.5, 0.6) is 0 Å². The molecule has 0 aliphatic carbocycles.